The van der Waals surface area contributed by atoms with E-state index in [-0.39, 0.29) is 5.91 Å². The van der Waals surface area contributed by atoms with Gasteiger partial charge >= 0.3 is 0 Å². The zero-order valence-electron chi connectivity index (χ0n) is 12.3. The molecule has 0 bridgehead atoms. The Morgan fingerprint density at radius 2 is 2.32 bits per heavy atom. The molecular formula is C16H17N3O3. The molecule has 0 radical (unpaired) electrons. The van der Waals surface area contributed by atoms with Gasteiger partial charge in [0.2, 0.25) is 0 Å². The summed E-state index contributed by atoms with van der Waals surface area (Å²) >= 11 is 0. The van der Waals surface area contributed by atoms with Crippen molar-refractivity contribution in [1.82, 2.24) is 14.7 Å². The summed E-state index contributed by atoms with van der Waals surface area (Å²) < 4.78 is 12.5. The van der Waals surface area contributed by atoms with E-state index in [4.69, 9.17) is 9.15 Å². The van der Waals surface area contributed by atoms with Crippen molar-refractivity contribution in [2.24, 2.45) is 0 Å². The van der Waals surface area contributed by atoms with Crippen LogP contribution in [0.4, 0.5) is 0 Å². The lowest BCUT2D eigenvalue weighted by Gasteiger charge is -2.03. The number of pyridine rings is 1. The van der Waals surface area contributed by atoms with Gasteiger partial charge in [-0.25, -0.2) is 4.98 Å². The summed E-state index contributed by atoms with van der Waals surface area (Å²) in [6.07, 6.45) is 5.98. The standard InChI is InChI=1S/C16H17N3O3/c1-2-21-13-5-3-9-19-11-12(18-15(13)19)7-8-17-16(20)14-6-4-10-22-14/h3-6,9-11H,2,7-8H2,1H3,(H,17,20). The van der Waals surface area contributed by atoms with E-state index in [0.717, 1.165) is 17.1 Å². The van der Waals surface area contributed by atoms with Crippen LogP contribution in [0.5, 0.6) is 5.75 Å². The average molecular weight is 299 g/mol. The van der Waals surface area contributed by atoms with Crippen molar-refractivity contribution in [3.05, 3.63) is 54.4 Å². The summed E-state index contributed by atoms with van der Waals surface area (Å²) in [5, 5.41) is 2.80. The Kier molecular flexibility index (Phi) is 4.09. The van der Waals surface area contributed by atoms with E-state index >= 15 is 0 Å². The number of aromatic nitrogens is 2. The highest BCUT2D eigenvalue weighted by molar-refractivity contribution is 5.91. The Morgan fingerprint density at radius 3 is 3.09 bits per heavy atom. The highest BCUT2D eigenvalue weighted by atomic mass is 16.5. The van der Waals surface area contributed by atoms with E-state index in [1.54, 1.807) is 12.1 Å². The number of ether oxygens (including phenoxy) is 1. The number of hydrogen-bond donors (Lipinski definition) is 1. The first-order valence-electron chi connectivity index (χ1n) is 7.19. The molecule has 0 aliphatic carbocycles. The van der Waals surface area contributed by atoms with E-state index in [2.05, 4.69) is 10.3 Å². The number of fused-ring (bicyclic) bond motifs is 1. The van der Waals surface area contributed by atoms with Crippen LogP contribution < -0.4 is 10.1 Å². The molecule has 0 saturated carbocycles. The van der Waals surface area contributed by atoms with Gasteiger partial charge in [-0.1, -0.05) is 0 Å². The smallest absolute Gasteiger partial charge is 0.286 e. The zero-order chi connectivity index (χ0) is 15.4. The predicted molar refractivity (Wildman–Crippen MR) is 81.1 cm³/mol. The fraction of sp³-hybridized carbons (Fsp3) is 0.250. The maximum absolute atomic E-state index is 11.8. The summed E-state index contributed by atoms with van der Waals surface area (Å²) in [6, 6.07) is 7.14. The molecule has 3 aromatic rings. The van der Waals surface area contributed by atoms with Crippen LogP contribution in [0.25, 0.3) is 5.65 Å². The fourth-order valence-electron chi connectivity index (χ4n) is 2.23. The van der Waals surface area contributed by atoms with Crippen LogP contribution in [0.15, 0.2) is 47.3 Å². The Bertz CT molecular complexity index is 762. The Labute approximate surface area is 127 Å². The van der Waals surface area contributed by atoms with Gasteiger partial charge in [-0.15, -0.1) is 0 Å². The molecule has 0 unspecified atom stereocenters. The normalized spacial score (nSPS) is 10.8. The number of nitrogens with zero attached hydrogens (tertiary/aromatic N) is 2. The lowest BCUT2D eigenvalue weighted by atomic mass is 10.3. The molecule has 0 aliphatic rings. The van der Waals surface area contributed by atoms with Gasteiger partial charge in [0, 0.05) is 25.4 Å². The summed E-state index contributed by atoms with van der Waals surface area (Å²) in [7, 11) is 0. The molecular weight excluding hydrogens is 282 g/mol. The second-order valence-corrected chi connectivity index (χ2v) is 4.75. The molecule has 6 heteroatoms. The monoisotopic (exact) mass is 299 g/mol. The minimum absolute atomic E-state index is 0.219. The molecule has 0 fully saturated rings. The van der Waals surface area contributed by atoms with Crippen LogP contribution >= 0.6 is 0 Å². The molecule has 1 N–H and O–H groups in total. The van der Waals surface area contributed by atoms with Gasteiger partial charge in [0.1, 0.15) is 0 Å². The molecule has 3 rings (SSSR count). The van der Waals surface area contributed by atoms with Crippen molar-refractivity contribution < 1.29 is 13.9 Å². The lowest BCUT2D eigenvalue weighted by molar-refractivity contribution is 0.0926. The van der Waals surface area contributed by atoms with Gasteiger partial charge in [-0.2, -0.15) is 0 Å². The second kappa shape index (κ2) is 6.34. The van der Waals surface area contributed by atoms with Crippen LogP contribution in [-0.2, 0) is 6.42 Å². The molecule has 0 saturated heterocycles. The van der Waals surface area contributed by atoms with Gasteiger partial charge < -0.3 is 18.9 Å². The summed E-state index contributed by atoms with van der Waals surface area (Å²) in [4.78, 5) is 16.3. The van der Waals surface area contributed by atoms with Gasteiger partial charge in [-0.3, -0.25) is 4.79 Å². The number of carbonyl (C=O) groups excluding carboxylic acids is 1. The number of hydrogen-bond acceptors (Lipinski definition) is 4. The number of nitrogens with one attached hydrogen (secondary N) is 1. The molecule has 0 spiro atoms. The topological polar surface area (TPSA) is 68.8 Å². The maximum Gasteiger partial charge on any atom is 0.286 e. The third kappa shape index (κ3) is 2.95. The first-order valence-corrected chi connectivity index (χ1v) is 7.19. The SMILES string of the molecule is CCOc1cccn2cc(CCNC(=O)c3ccco3)nc12. The van der Waals surface area contributed by atoms with Gasteiger partial charge in [0.15, 0.2) is 17.2 Å². The second-order valence-electron chi connectivity index (χ2n) is 4.75. The van der Waals surface area contributed by atoms with Crippen LogP contribution in [0, 0.1) is 0 Å². The molecule has 6 nitrogen and oxygen atoms in total. The lowest BCUT2D eigenvalue weighted by Crippen LogP contribution is -2.25. The molecule has 1 amide bonds. The minimum Gasteiger partial charge on any atom is -0.490 e. The summed E-state index contributed by atoms with van der Waals surface area (Å²) in [5.74, 6) is 0.855. The Hall–Kier alpha value is -2.76. The quantitative estimate of drug-likeness (QED) is 0.758. The number of furan rings is 1. The van der Waals surface area contributed by atoms with Crippen molar-refractivity contribution in [2.75, 3.05) is 13.2 Å². The number of rotatable bonds is 6. The van der Waals surface area contributed by atoms with E-state index in [1.807, 2.05) is 35.9 Å². The van der Waals surface area contributed by atoms with Gasteiger partial charge in [0.05, 0.1) is 18.6 Å². The van der Waals surface area contributed by atoms with E-state index in [0.29, 0.717) is 25.3 Å². The molecule has 3 heterocycles. The van der Waals surface area contributed by atoms with Crippen LogP contribution in [0.1, 0.15) is 23.2 Å². The van der Waals surface area contributed by atoms with Crippen LogP contribution in [-0.4, -0.2) is 28.4 Å². The first kappa shape index (κ1) is 14.2. The molecule has 0 aliphatic heterocycles. The van der Waals surface area contributed by atoms with Crippen molar-refractivity contribution in [3.63, 3.8) is 0 Å². The van der Waals surface area contributed by atoms with Crippen LogP contribution in [0.3, 0.4) is 0 Å². The van der Waals surface area contributed by atoms with Crippen LogP contribution in [0.2, 0.25) is 0 Å². The molecule has 22 heavy (non-hydrogen) atoms. The number of amides is 1. The van der Waals surface area contributed by atoms with Crippen molar-refractivity contribution in [2.45, 2.75) is 13.3 Å². The van der Waals surface area contributed by atoms with E-state index < -0.39 is 0 Å². The fourth-order valence-corrected chi connectivity index (χ4v) is 2.23. The first-order chi connectivity index (χ1) is 10.8. The largest absolute Gasteiger partial charge is 0.490 e. The summed E-state index contributed by atoms with van der Waals surface area (Å²) in [6.45, 7) is 3.03. The zero-order valence-corrected chi connectivity index (χ0v) is 12.3. The van der Waals surface area contributed by atoms with Gasteiger partial charge in [-0.05, 0) is 31.2 Å². The third-order valence-corrected chi connectivity index (χ3v) is 3.21. The molecule has 0 aromatic carbocycles. The average Bonchev–Trinajstić information content (AvgIpc) is 3.17. The molecule has 0 atom stereocenters. The summed E-state index contributed by atoms with van der Waals surface area (Å²) in [5.41, 5.74) is 1.68. The van der Waals surface area contributed by atoms with Crippen molar-refractivity contribution in [1.29, 1.82) is 0 Å². The number of imidazole rings is 1. The van der Waals surface area contributed by atoms with E-state index in [1.165, 1.54) is 6.26 Å². The van der Waals surface area contributed by atoms with E-state index in [9.17, 15) is 4.79 Å². The Morgan fingerprint density at radius 1 is 1.41 bits per heavy atom. The highest BCUT2D eigenvalue weighted by Gasteiger charge is 2.09. The minimum atomic E-state index is -0.219. The predicted octanol–water partition coefficient (Wildman–Crippen LogP) is 2.30. The highest BCUT2D eigenvalue weighted by Crippen LogP contribution is 2.19. The molecule has 3 aromatic heterocycles. The van der Waals surface area contributed by atoms with Crippen molar-refractivity contribution in [3.8, 4) is 5.75 Å². The number of carbonyl (C=O) groups is 1. The van der Waals surface area contributed by atoms with Crippen molar-refractivity contribution >= 4 is 11.6 Å². The molecule has 114 valence electrons. The third-order valence-electron chi connectivity index (χ3n) is 3.21. The maximum atomic E-state index is 11.8. The van der Waals surface area contributed by atoms with Gasteiger partial charge in [0.25, 0.3) is 5.91 Å². The Balaban J connectivity index is 1.64.